The molecule has 118 valence electrons. The molecule has 3 nitrogen and oxygen atoms in total. The van der Waals surface area contributed by atoms with Crippen LogP contribution < -0.4 is 4.90 Å². The molecule has 0 aliphatic carbocycles. The summed E-state index contributed by atoms with van der Waals surface area (Å²) < 4.78 is 19.2. The van der Waals surface area contributed by atoms with Crippen molar-refractivity contribution < 1.29 is 8.81 Å². The molecule has 0 amide bonds. The van der Waals surface area contributed by atoms with Gasteiger partial charge in [-0.15, -0.1) is 0 Å². The van der Waals surface area contributed by atoms with Crippen LogP contribution in [0.5, 0.6) is 0 Å². The van der Waals surface area contributed by atoms with Gasteiger partial charge < -0.3 is 9.32 Å². The van der Waals surface area contributed by atoms with Crippen LogP contribution in [0.15, 0.2) is 59.5 Å². The molecule has 23 heavy (non-hydrogen) atoms. The maximum atomic E-state index is 14.0. The Balaban J connectivity index is 1.87. The number of rotatable bonds is 5. The van der Waals surface area contributed by atoms with Crippen molar-refractivity contribution >= 4 is 28.9 Å². The van der Waals surface area contributed by atoms with E-state index in [2.05, 4.69) is 4.98 Å². The Hall–Kier alpha value is -2.04. The van der Waals surface area contributed by atoms with E-state index in [0.717, 1.165) is 11.3 Å². The molecule has 3 aromatic rings. The van der Waals surface area contributed by atoms with Gasteiger partial charge in [-0.05, 0) is 35.9 Å². The topological polar surface area (TPSA) is 29.3 Å². The molecule has 0 atom stereocenters. The number of aromatic nitrogens is 1. The second-order valence-electron chi connectivity index (χ2n) is 5.06. The maximum absolute atomic E-state index is 14.0. The lowest BCUT2D eigenvalue weighted by atomic mass is 10.1. The second kappa shape index (κ2) is 7.02. The minimum atomic E-state index is -0.294. The Morgan fingerprint density at radius 3 is 2.65 bits per heavy atom. The van der Waals surface area contributed by atoms with Gasteiger partial charge in [-0.3, -0.25) is 0 Å². The van der Waals surface area contributed by atoms with Crippen molar-refractivity contribution in [3.63, 3.8) is 0 Å². The Kier molecular flexibility index (Phi) is 4.84. The SMILES string of the molecule is Fc1ccc(Cl)cc1CN(Cc1ccc(Cl)nc1)c1ccoc1. The van der Waals surface area contributed by atoms with Gasteiger partial charge in [-0.1, -0.05) is 29.3 Å². The van der Waals surface area contributed by atoms with E-state index in [9.17, 15) is 4.39 Å². The summed E-state index contributed by atoms with van der Waals surface area (Å²) in [7, 11) is 0. The molecule has 3 rings (SSSR count). The van der Waals surface area contributed by atoms with E-state index >= 15 is 0 Å². The van der Waals surface area contributed by atoms with Crippen molar-refractivity contribution in [2.75, 3.05) is 4.90 Å². The van der Waals surface area contributed by atoms with E-state index in [4.69, 9.17) is 27.6 Å². The van der Waals surface area contributed by atoms with Crippen LogP contribution in [0.3, 0.4) is 0 Å². The third-order valence-corrected chi connectivity index (χ3v) is 3.86. The summed E-state index contributed by atoms with van der Waals surface area (Å²) in [5, 5.41) is 0.936. The van der Waals surface area contributed by atoms with Gasteiger partial charge in [0.25, 0.3) is 0 Å². The summed E-state index contributed by atoms with van der Waals surface area (Å²) in [6.07, 6.45) is 4.90. The van der Waals surface area contributed by atoms with Gasteiger partial charge >= 0.3 is 0 Å². The maximum Gasteiger partial charge on any atom is 0.129 e. The van der Waals surface area contributed by atoms with Gasteiger partial charge in [0, 0.05) is 29.9 Å². The molecule has 0 unspecified atom stereocenters. The zero-order valence-electron chi connectivity index (χ0n) is 12.0. The third-order valence-electron chi connectivity index (χ3n) is 3.40. The van der Waals surface area contributed by atoms with E-state index in [1.54, 1.807) is 30.9 Å². The lowest BCUT2D eigenvalue weighted by Gasteiger charge is -2.23. The summed E-state index contributed by atoms with van der Waals surface area (Å²) in [6, 6.07) is 9.97. The monoisotopic (exact) mass is 350 g/mol. The van der Waals surface area contributed by atoms with Crippen LogP contribution in [0.2, 0.25) is 10.2 Å². The first kappa shape index (κ1) is 15.8. The number of hydrogen-bond donors (Lipinski definition) is 0. The van der Waals surface area contributed by atoms with Crippen molar-refractivity contribution in [2.45, 2.75) is 13.1 Å². The van der Waals surface area contributed by atoms with E-state index in [1.165, 1.54) is 12.1 Å². The standard InChI is InChI=1S/C17H13Cl2FN2O/c18-14-2-3-16(20)13(7-14)10-22(15-5-6-23-11-15)9-12-1-4-17(19)21-8-12/h1-8,11H,9-10H2. The second-order valence-corrected chi connectivity index (χ2v) is 5.89. The number of hydrogen-bond acceptors (Lipinski definition) is 3. The summed E-state index contributed by atoms with van der Waals surface area (Å²) >= 11 is 11.8. The number of furan rings is 1. The van der Waals surface area contributed by atoms with Gasteiger partial charge in [-0.25, -0.2) is 9.37 Å². The summed E-state index contributed by atoms with van der Waals surface area (Å²) in [5.41, 5.74) is 2.32. The average molecular weight is 351 g/mol. The van der Waals surface area contributed by atoms with E-state index in [-0.39, 0.29) is 5.82 Å². The molecule has 0 saturated carbocycles. The number of nitrogens with zero attached hydrogens (tertiary/aromatic N) is 2. The molecule has 6 heteroatoms. The van der Waals surface area contributed by atoms with Crippen LogP contribution in [0.25, 0.3) is 0 Å². The molecule has 1 aromatic carbocycles. The highest BCUT2D eigenvalue weighted by Crippen LogP contribution is 2.23. The van der Waals surface area contributed by atoms with E-state index in [1.807, 2.05) is 17.0 Å². The number of anilines is 1. The van der Waals surface area contributed by atoms with Crippen LogP contribution in [-0.2, 0) is 13.1 Å². The minimum Gasteiger partial charge on any atom is -0.470 e. The highest BCUT2D eigenvalue weighted by atomic mass is 35.5. The molecular formula is C17H13Cl2FN2O. The first-order valence-corrected chi connectivity index (χ1v) is 7.69. The minimum absolute atomic E-state index is 0.294. The Bertz CT molecular complexity index is 776. The molecule has 2 aromatic heterocycles. The summed E-state index contributed by atoms with van der Waals surface area (Å²) in [6.45, 7) is 0.893. The van der Waals surface area contributed by atoms with Crippen molar-refractivity contribution in [3.8, 4) is 0 Å². The Morgan fingerprint density at radius 1 is 1.09 bits per heavy atom. The van der Waals surface area contributed by atoms with Crippen molar-refractivity contribution in [1.82, 2.24) is 4.98 Å². The summed E-state index contributed by atoms with van der Waals surface area (Å²) in [5.74, 6) is -0.294. The number of pyridine rings is 1. The number of halogens is 3. The van der Waals surface area contributed by atoms with Crippen LogP contribution in [-0.4, -0.2) is 4.98 Å². The van der Waals surface area contributed by atoms with Gasteiger partial charge in [0.2, 0.25) is 0 Å². The van der Waals surface area contributed by atoms with Gasteiger partial charge in [-0.2, -0.15) is 0 Å². The van der Waals surface area contributed by atoms with Gasteiger partial charge in [0.1, 0.15) is 17.2 Å². The fourth-order valence-electron chi connectivity index (χ4n) is 2.27. The van der Waals surface area contributed by atoms with Gasteiger partial charge in [0.15, 0.2) is 0 Å². The first-order chi connectivity index (χ1) is 11.1. The zero-order chi connectivity index (χ0) is 16.2. The van der Waals surface area contributed by atoms with E-state index < -0.39 is 0 Å². The lowest BCUT2D eigenvalue weighted by molar-refractivity contribution is 0.564. The molecule has 0 aliphatic heterocycles. The Morgan fingerprint density at radius 2 is 1.96 bits per heavy atom. The quantitative estimate of drug-likeness (QED) is 0.582. The van der Waals surface area contributed by atoms with Crippen LogP contribution in [0, 0.1) is 5.82 Å². The predicted molar refractivity (Wildman–Crippen MR) is 89.3 cm³/mol. The molecule has 0 radical (unpaired) electrons. The predicted octanol–water partition coefficient (Wildman–Crippen LogP) is 5.33. The van der Waals surface area contributed by atoms with Crippen LogP contribution in [0.4, 0.5) is 10.1 Å². The smallest absolute Gasteiger partial charge is 0.129 e. The van der Waals surface area contributed by atoms with Crippen molar-refractivity contribution in [2.24, 2.45) is 0 Å². The fraction of sp³-hybridized carbons (Fsp3) is 0.118. The zero-order valence-corrected chi connectivity index (χ0v) is 13.6. The molecule has 0 bridgehead atoms. The van der Waals surface area contributed by atoms with E-state index in [0.29, 0.717) is 28.8 Å². The van der Waals surface area contributed by atoms with Crippen LogP contribution in [0.1, 0.15) is 11.1 Å². The number of benzene rings is 1. The van der Waals surface area contributed by atoms with Crippen molar-refractivity contribution in [3.05, 3.63) is 82.2 Å². The highest BCUT2D eigenvalue weighted by molar-refractivity contribution is 6.30. The van der Waals surface area contributed by atoms with Crippen LogP contribution >= 0.6 is 23.2 Å². The molecule has 0 fully saturated rings. The first-order valence-electron chi connectivity index (χ1n) is 6.93. The molecule has 0 N–H and O–H groups in total. The molecular weight excluding hydrogens is 338 g/mol. The highest BCUT2D eigenvalue weighted by Gasteiger charge is 2.13. The molecule has 2 heterocycles. The largest absolute Gasteiger partial charge is 0.470 e. The average Bonchev–Trinajstić information content (AvgIpc) is 3.06. The summed E-state index contributed by atoms with van der Waals surface area (Å²) in [4.78, 5) is 6.05. The molecule has 0 spiro atoms. The fourth-order valence-corrected chi connectivity index (χ4v) is 2.57. The Labute approximate surface area is 143 Å². The lowest BCUT2D eigenvalue weighted by Crippen LogP contribution is -2.22. The molecule has 0 aliphatic rings. The molecule has 0 saturated heterocycles. The third kappa shape index (κ3) is 4.03. The normalized spacial score (nSPS) is 10.7. The van der Waals surface area contributed by atoms with Crippen molar-refractivity contribution in [1.29, 1.82) is 0 Å². The van der Waals surface area contributed by atoms with Gasteiger partial charge in [0.05, 0.1) is 12.0 Å².